The van der Waals surface area contributed by atoms with E-state index in [1.54, 1.807) is 14.2 Å². The molecule has 0 fully saturated rings. The second-order valence-electron chi connectivity index (χ2n) is 3.12. The molecule has 0 saturated carbocycles. The lowest BCUT2D eigenvalue weighted by atomic mass is 10.2. The highest BCUT2D eigenvalue weighted by molar-refractivity contribution is 9.10. The van der Waals surface area contributed by atoms with Gasteiger partial charge < -0.3 is 14.2 Å². The van der Waals surface area contributed by atoms with E-state index in [2.05, 4.69) is 15.9 Å². The van der Waals surface area contributed by atoms with E-state index < -0.39 is 0 Å². The molecule has 0 heterocycles. The zero-order chi connectivity index (χ0) is 11.3. The molecule has 0 N–H and O–H groups in total. The van der Waals surface area contributed by atoms with Crippen molar-refractivity contribution in [3.63, 3.8) is 0 Å². The van der Waals surface area contributed by atoms with Gasteiger partial charge in [-0.15, -0.1) is 0 Å². The van der Waals surface area contributed by atoms with E-state index in [-0.39, 0.29) is 6.29 Å². The SMILES string of the molecule is COC(COc1cc(Br)ccc1C)OC. The van der Waals surface area contributed by atoms with Crippen LogP contribution in [0.25, 0.3) is 0 Å². The molecule has 1 aromatic carbocycles. The van der Waals surface area contributed by atoms with Crippen LogP contribution in [0.15, 0.2) is 22.7 Å². The van der Waals surface area contributed by atoms with Crippen LogP contribution in [0.5, 0.6) is 5.75 Å². The maximum Gasteiger partial charge on any atom is 0.191 e. The van der Waals surface area contributed by atoms with Crippen molar-refractivity contribution in [3.8, 4) is 5.75 Å². The number of hydrogen-bond acceptors (Lipinski definition) is 3. The number of methoxy groups -OCH3 is 2. The molecule has 1 aromatic rings. The van der Waals surface area contributed by atoms with Gasteiger partial charge >= 0.3 is 0 Å². The molecular formula is C11H15BrO3. The summed E-state index contributed by atoms with van der Waals surface area (Å²) in [6, 6.07) is 5.90. The monoisotopic (exact) mass is 274 g/mol. The maximum absolute atomic E-state index is 5.58. The summed E-state index contributed by atoms with van der Waals surface area (Å²) < 4.78 is 16.6. The van der Waals surface area contributed by atoms with Crippen LogP contribution >= 0.6 is 15.9 Å². The van der Waals surface area contributed by atoms with Gasteiger partial charge in [0.15, 0.2) is 6.29 Å². The van der Waals surface area contributed by atoms with Gasteiger partial charge in [-0.25, -0.2) is 0 Å². The van der Waals surface area contributed by atoms with Gasteiger partial charge in [0, 0.05) is 18.7 Å². The van der Waals surface area contributed by atoms with Gasteiger partial charge in [-0.05, 0) is 24.6 Å². The van der Waals surface area contributed by atoms with E-state index in [9.17, 15) is 0 Å². The minimum atomic E-state index is -0.330. The second-order valence-corrected chi connectivity index (χ2v) is 4.04. The lowest BCUT2D eigenvalue weighted by molar-refractivity contribution is -0.122. The highest BCUT2D eigenvalue weighted by Crippen LogP contribution is 2.23. The summed E-state index contributed by atoms with van der Waals surface area (Å²) in [6.07, 6.45) is -0.330. The molecule has 0 amide bonds. The van der Waals surface area contributed by atoms with Crippen LogP contribution in [-0.2, 0) is 9.47 Å². The highest BCUT2D eigenvalue weighted by Gasteiger charge is 2.07. The smallest absolute Gasteiger partial charge is 0.191 e. The zero-order valence-corrected chi connectivity index (χ0v) is 10.7. The van der Waals surface area contributed by atoms with E-state index in [1.165, 1.54) is 0 Å². The van der Waals surface area contributed by atoms with Crippen LogP contribution in [0.2, 0.25) is 0 Å². The molecule has 84 valence electrons. The van der Waals surface area contributed by atoms with Crippen LogP contribution in [0, 0.1) is 6.92 Å². The number of hydrogen-bond donors (Lipinski definition) is 0. The molecule has 0 aromatic heterocycles. The van der Waals surface area contributed by atoms with Gasteiger partial charge in [0.2, 0.25) is 0 Å². The van der Waals surface area contributed by atoms with Gasteiger partial charge in [-0.2, -0.15) is 0 Å². The van der Waals surface area contributed by atoms with Gasteiger partial charge in [0.1, 0.15) is 12.4 Å². The Kier molecular flexibility index (Phi) is 5.08. The van der Waals surface area contributed by atoms with Gasteiger partial charge in [0.05, 0.1) is 0 Å². The second kappa shape index (κ2) is 6.10. The molecule has 0 aliphatic rings. The summed E-state index contributed by atoms with van der Waals surface area (Å²) in [6.45, 7) is 2.38. The molecule has 3 nitrogen and oxygen atoms in total. The zero-order valence-electron chi connectivity index (χ0n) is 9.12. The fourth-order valence-corrected chi connectivity index (χ4v) is 1.46. The Morgan fingerprint density at radius 2 is 1.93 bits per heavy atom. The van der Waals surface area contributed by atoms with Crippen LogP contribution in [0.4, 0.5) is 0 Å². The van der Waals surface area contributed by atoms with E-state index in [1.807, 2.05) is 25.1 Å². The standard InChI is InChI=1S/C11H15BrO3/c1-8-4-5-9(12)6-10(8)15-7-11(13-2)14-3/h4-6,11H,7H2,1-3H3. The molecule has 4 heteroatoms. The van der Waals surface area contributed by atoms with E-state index >= 15 is 0 Å². The third-order valence-electron chi connectivity index (χ3n) is 2.05. The van der Waals surface area contributed by atoms with Crippen molar-refractivity contribution in [1.82, 2.24) is 0 Å². The quantitative estimate of drug-likeness (QED) is 0.773. The van der Waals surface area contributed by atoms with Crippen molar-refractivity contribution in [2.75, 3.05) is 20.8 Å². The largest absolute Gasteiger partial charge is 0.488 e. The predicted molar refractivity (Wildman–Crippen MR) is 62.2 cm³/mol. The number of aryl methyl sites for hydroxylation is 1. The first kappa shape index (κ1) is 12.5. The first-order valence-corrected chi connectivity index (χ1v) is 5.41. The molecule has 0 spiro atoms. The third-order valence-corrected chi connectivity index (χ3v) is 2.54. The summed E-state index contributed by atoms with van der Waals surface area (Å²) >= 11 is 3.39. The van der Waals surface area contributed by atoms with Crippen LogP contribution in [0.1, 0.15) is 5.56 Å². The molecule has 0 aliphatic heterocycles. The summed E-state index contributed by atoms with van der Waals surface area (Å²) in [5.41, 5.74) is 1.09. The minimum absolute atomic E-state index is 0.330. The molecule has 0 saturated heterocycles. The van der Waals surface area contributed by atoms with Gasteiger partial charge in [0.25, 0.3) is 0 Å². The van der Waals surface area contributed by atoms with E-state index in [0.29, 0.717) is 6.61 Å². The summed E-state index contributed by atoms with van der Waals surface area (Å²) in [5.74, 6) is 0.837. The Morgan fingerprint density at radius 1 is 1.27 bits per heavy atom. The van der Waals surface area contributed by atoms with Crippen molar-refractivity contribution in [1.29, 1.82) is 0 Å². The van der Waals surface area contributed by atoms with Crippen molar-refractivity contribution in [2.24, 2.45) is 0 Å². The van der Waals surface area contributed by atoms with Crippen LogP contribution in [0.3, 0.4) is 0 Å². The fourth-order valence-electron chi connectivity index (χ4n) is 1.12. The number of halogens is 1. The molecule has 0 bridgehead atoms. The Labute approximate surface area is 98.5 Å². The van der Waals surface area contributed by atoms with E-state index in [4.69, 9.17) is 14.2 Å². The Bertz CT molecular complexity index is 311. The first-order valence-electron chi connectivity index (χ1n) is 4.62. The van der Waals surface area contributed by atoms with Crippen molar-refractivity contribution < 1.29 is 14.2 Å². The van der Waals surface area contributed by atoms with Crippen molar-refractivity contribution in [2.45, 2.75) is 13.2 Å². The molecule has 1 rings (SSSR count). The lowest BCUT2D eigenvalue weighted by Gasteiger charge is -2.15. The first-order chi connectivity index (χ1) is 7.17. The summed E-state index contributed by atoms with van der Waals surface area (Å²) in [4.78, 5) is 0. The average Bonchev–Trinajstić information content (AvgIpc) is 2.24. The molecular weight excluding hydrogens is 260 g/mol. The Morgan fingerprint density at radius 3 is 2.53 bits per heavy atom. The molecule has 0 unspecified atom stereocenters. The van der Waals surface area contributed by atoms with E-state index in [0.717, 1.165) is 15.8 Å². The minimum Gasteiger partial charge on any atom is -0.488 e. The number of rotatable bonds is 5. The number of benzene rings is 1. The van der Waals surface area contributed by atoms with Crippen LogP contribution in [-0.4, -0.2) is 27.1 Å². The lowest BCUT2D eigenvalue weighted by Crippen LogP contribution is -2.22. The maximum atomic E-state index is 5.58. The third kappa shape index (κ3) is 3.81. The van der Waals surface area contributed by atoms with Gasteiger partial charge in [-0.1, -0.05) is 22.0 Å². The van der Waals surface area contributed by atoms with Crippen LogP contribution < -0.4 is 4.74 Å². The predicted octanol–water partition coefficient (Wildman–Crippen LogP) is 2.76. The molecule has 0 atom stereocenters. The van der Waals surface area contributed by atoms with Gasteiger partial charge in [-0.3, -0.25) is 0 Å². The van der Waals surface area contributed by atoms with Crippen molar-refractivity contribution in [3.05, 3.63) is 28.2 Å². The number of ether oxygens (including phenoxy) is 3. The summed E-state index contributed by atoms with van der Waals surface area (Å²) in [7, 11) is 3.18. The molecule has 0 aliphatic carbocycles. The Balaban J connectivity index is 2.60. The molecule has 0 radical (unpaired) electrons. The topological polar surface area (TPSA) is 27.7 Å². The average molecular weight is 275 g/mol. The highest BCUT2D eigenvalue weighted by atomic mass is 79.9. The molecule has 15 heavy (non-hydrogen) atoms. The fraction of sp³-hybridized carbons (Fsp3) is 0.455. The normalized spacial score (nSPS) is 10.7. The summed E-state index contributed by atoms with van der Waals surface area (Å²) in [5, 5.41) is 0. The Hall–Kier alpha value is -0.580. The van der Waals surface area contributed by atoms with Crippen molar-refractivity contribution >= 4 is 15.9 Å².